The third-order valence-electron chi connectivity index (χ3n) is 3.21. The molecule has 0 fully saturated rings. The van der Waals surface area contributed by atoms with Gasteiger partial charge in [0.2, 0.25) is 0 Å². The Kier molecular flexibility index (Phi) is 4.68. The largest absolute Gasteiger partial charge is 0.416 e. The maximum Gasteiger partial charge on any atom is 0.416 e. The van der Waals surface area contributed by atoms with Gasteiger partial charge in [-0.1, -0.05) is 6.07 Å². The van der Waals surface area contributed by atoms with Crippen LogP contribution in [0.1, 0.15) is 26.4 Å². The van der Waals surface area contributed by atoms with E-state index in [4.69, 9.17) is 0 Å². The molecule has 0 atom stereocenters. The van der Waals surface area contributed by atoms with Crippen LogP contribution in [0.2, 0.25) is 0 Å². The third kappa shape index (κ3) is 4.04. The molecule has 114 valence electrons. The van der Waals surface area contributed by atoms with E-state index in [1.54, 1.807) is 11.3 Å². The zero-order valence-electron chi connectivity index (χ0n) is 11.6. The summed E-state index contributed by atoms with van der Waals surface area (Å²) in [7, 11) is 0. The molecule has 1 aromatic heterocycles. The van der Waals surface area contributed by atoms with Crippen LogP contribution >= 0.6 is 11.3 Å². The van der Waals surface area contributed by atoms with Gasteiger partial charge in [0.05, 0.1) is 5.56 Å². The van der Waals surface area contributed by atoms with E-state index >= 15 is 0 Å². The molecule has 6 heteroatoms. The smallest absolute Gasteiger partial charge is 0.308 e. The summed E-state index contributed by atoms with van der Waals surface area (Å²) in [5.41, 5.74) is 0.303. The molecule has 0 spiro atoms. The Morgan fingerprint density at radius 1 is 1.10 bits per heavy atom. The number of aryl methyl sites for hydroxylation is 2. The van der Waals surface area contributed by atoms with E-state index in [0.717, 1.165) is 10.9 Å². The Balaban J connectivity index is 2.06. The van der Waals surface area contributed by atoms with Gasteiger partial charge in [0, 0.05) is 22.8 Å². The molecular weight excluding hydrogens is 302 g/mol. The minimum Gasteiger partial charge on any atom is -0.308 e. The van der Waals surface area contributed by atoms with Crippen LogP contribution in [-0.2, 0) is 19.3 Å². The Morgan fingerprint density at radius 3 is 2.38 bits per heavy atom. The summed E-state index contributed by atoms with van der Waals surface area (Å²) >= 11 is 1.62. The summed E-state index contributed by atoms with van der Waals surface area (Å²) in [5, 5.41) is 2.98. The Bertz CT molecular complexity index is 612. The molecule has 2 rings (SSSR count). The Morgan fingerprint density at radius 2 is 1.81 bits per heavy atom. The van der Waals surface area contributed by atoms with Crippen molar-refractivity contribution in [1.29, 1.82) is 0 Å². The molecule has 0 aliphatic carbocycles. The second-order valence-electron chi connectivity index (χ2n) is 4.85. The van der Waals surface area contributed by atoms with Gasteiger partial charge >= 0.3 is 6.18 Å². The average molecular weight is 317 g/mol. The summed E-state index contributed by atoms with van der Waals surface area (Å²) in [6.07, 6.45) is -4.55. The van der Waals surface area contributed by atoms with Crippen molar-refractivity contribution in [2.75, 3.05) is 0 Å². The predicted molar refractivity (Wildman–Crippen MR) is 75.7 cm³/mol. The Labute approximate surface area is 124 Å². The van der Waals surface area contributed by atoms with Gasteiger partial charge in [-0.2, -0.15) is 13.2 Å². The van der Waals surface area contributed by atoms with Gasteiger partial charge in [0.15, 0.2) is 0 Å². The van der Waals surface area contributed by atoms with Gasteiger partial charge in [0.25, 0.3) is 0 Å². The fraction of sp³-hybridized carbons (Fsp3) is 0.333. The van der Waals surface area contributed by atoms with E-state index in [2.05, 4.69) is 5.32 Å². The zero-order chi connectivity index (χ0) is 15.6. The number of hydrogen-bond donors (Lipinski definition) is 1. The molecule has 0 unspecified atom stereocenters. The SMILES string of the molecule is Cc1cc(CNCc2ccc(F)cc2C(F)(F)F)sc1C. The van der Waals surface area contributed by atoms with Crippen LogP contribution in [0, 0.1) is 19.7 Å². The number of thiophene rings is 1. The van der Waals surface area contributed by atoms with Crippen LogP contribution in [0.4, 0.5) is 17.6 Å². The third-order valence-corrected chi connectivity index (χ3v) is 4.36. The molecule has 0 aliphatic rings. The molecule has 1 heterocycles. The molecule has 0 aliphatic heterocycles. The molecule has 1 aromatic carbocycles. The van der Waals surface area contributed by atoms with Crippen LogP contribution in [0.3, 0.4) is 0 Å². The van der Waals surface area contributed by atoms with E-state index in [1.165, 1.54) is 16.5 Å². The first-order valence-corrected chi connectivity index (χ1v) is 7.21. The van der Waals surface area contributed by atoms with Crippen molar-refractivity contribution < 1.29 is 17.6 Å². The van der Waals surface area contributed by atoms with Crippen LogP contribution in [0.25, 0.3) is 0 Å². The minimum absolute atomic E-state index is 0.0467. The van der Waals surface area contributed by atoms with Crippen molar-refractivity contribution in [2.45, 2.75) is 33.1 Å². The van der Waals surface area contributed by atoms with Crippen molar-refractivity contribution in [3.05, 3.63) is 56.5 Å². The molecule has 21 heavy (non-hydrogen) atoms. The highest BCUT2D eigenvalue weighted by molar-refractivity contribution is 7.12. The summed E-state index contributed by atoms with van der Waals surface area (Å²) in [4.78, 5) is 2.27. The quantitative estimate of drug-likeness (QED) is 0.798. The van der Waals surface area contributed by atoms with Gasteiger partial charge in [0.1, 0.15) is 5.82 Å². The van der Waals surface area contributed by atoms with Crippen molar-refractivity contribution in [2.24, 2.45) is 0 Å². The van der Waals surface area contributed by atoms with E-state index < -0.39 is 17.6 Å². The highest BCUT2D eigenvalue weighted by atomic mass is 32.1. The van der Waals surface area contributed by atoms with Crippen LogP contribution in [-0.4, -0.2) is 0 Å². The number of benzene rings is 1. The summed E-state index contributed by atoms with van der Waals surface area (Å²) in [6.45, 7) is 4.54. The van der Waals surface area contributed by atoms with Gasteiger partial charge in [-0.3, -0.25) is 0 Å². The van der Waals surface area contributed by atoms with E-state index in [9.17, 15) is 17.6 Å². The molecular formula is C15H15F4NS. The van der Waals surface area contributed by atoms with E-state index in [-0.39, 0.29) is 12.1 Å². The normalized spacial score (nSPS) is 11.9. The van der Waals surface area contributed by atoms with Crippen LogP contribution in [0.5, 0.6) is 0 Å². The second-order valence-corrected chi connectivity index (χ2v) is 6.20. The minimum atomic E-state index is -4.55. The molecule has 1 nitrogen and oxygen atoms in total. The van der Waals surface area contributed by atoms with Crippen molar-refractivity contribution in [1.82, 2.24) is 5.32 Å². The first kappa shape index (κ1) is 16.0. The predicted octanol–water partition coefficient (Wildman–Crippen LogP) is 4.81. The van der Waals surface area contributed by atoms with Gasteiger partial charge in [-0.25, -0.2) is 4.39 Å². The van der Waals surface area contributed by atoms with Crippen LogP contribution < -0.4 is 5.32 Å². The topological polar surface area (TPSA) is 12.0 Å². The van der Waals surface area contributed by atoms with E-state index in [1.807, 2.05) is 19.9 Å². The number of alkyl halides is 3. The van der Waals surface area contributed by atoms with Crippen LogP contribution in [0.15, 0.2) is 24.3 Å². The molecule has 1 N–H and O–H groups in total. The molecule has 0 bridgehead atoms. The molecule has 2 aromatic rings. The lowest BCUT2D eigenvalue weighted by Crippen LogP contribution is -2.17. The Hall–Kier alpha value is -1.40. The fourth-order valence-corrected chi connectivity index (χ4v) is 3.05. The van der Waals surface area contributed by atoms with Gasteiger partial charge < -0.3 is 5.32 Å². The lowest BCUT2D eigenvalue weighted by Gasteiger charge is -2.13. The monoisotopic (exact) mass is 317 g/mol. The molecule has 0 amide bonds. The highest BCUT2D eigenvalue weighted by Gasteiger charge is 2.33. The second kappa shape index (κ2) is 6.15. The number of rotatable bonds is 4. The maximum atomic E-state index is 13.0. The van der Waals surface area contributed by atoms with Crippen molar-refractivity contribution >= 4 is 11.3 Å². The summed E-state index contributed by atoms with van der Waals surface area (Å²) in [5.74, 6) is -0.879. The van der Waals surface area contributed by atoms with Crippen molar-refractivity contribution in [3.8, 4) is 0 Å². The number of halogens is 4. The average Bonchev–Trinajstić information content (AvgIpc) is 2.69. The summed E-state index contributed by atoms with van der Waals surface area (Å²) < 4.78 is 51.5. The highest BCUT2D eigenvalue weighted by Crippen LogP contribution is 2.32. The molecule has 0 saturated carbocycles. The number of hydrogen-bond acceptors (Lipinski definition) is 2. The lowest BCUT2D eigenvalue weighted by atomic mass is 10.1. The van der Waals surface area contributed by atoms with E-state index in [0.29, 0.717) is 12.6 Å². The molecule has 0 radical (unpaired) electrons. The zero-order valence-corrected chi connectivity index (χ0v) is 12.5. The van der Waals surface area contributed by atoms with Gasteiger partial charge in [-0.05, 0) is 43.2 Å². The number of nitrogens with one attached hydrogen (secondary N) is 1. The molecule has 0 saturated heterocycles. The van der Waals surface area contributed by atoms with Gasteiger partial charge in [-0.15, -0.1) is 11.3 Å². The summed E-state index contributed by atoms with van der Waals surface area (Å²) in [6, 6.07) is 4.78. The maximum absolute atomic E-state index is 13.0. The van der Waals surface area contributed by atoms with Crippen molar-refractivity contribution in [3.63, 3.8) is 0 Å². The lowest BCUT2D eigenvalue weighted by molar-refractivity contribution is -0.138. The fourth-order valence-electron chi connectivity index (χ4n) is 2.02. The standard InChI is InChI=1S/C15H15F4NS/c1-9-5-13(21-10(9)2)8-20-7-11-3-4-12(16)6-14(11)15(17,18)19/h3-6,20H,7-8H2,1-2H3. The first-order valence-electron chi connectivity index (χ1n) is 6.39. The first-order chi connectivity index (χ1) is 9.77.